The van der Waals surface area contributed by atoms with Gasteiger partial charge >= 0.3 is 0 Å². The topological polar surface area (TPSA) is 324 Å². The quantitative estimate of drug-likeness (QED) is 0.115. The number of aromatic nitrogens is 4. The molecule has 20 rings (SSSR count). The zero-order chi connectivity index (χ0) is 86.0. The molecule has 0 atom stereocenters. The molecule has 0 aliphatic carbocycles. The van der Waals surface area contributed by atoms with E-state index in [4.69, 9.17) is 9.47 Å². The maximum atomic E-state index is 13.3. The van der Waals surface area contributed by atoms with E-state index in [0.717, 1.165) is 55.2 Å². The van der Waals surface area contributed by atoms with Gasteiger partial charge in [-0.15, -0.1) is 0 Å². The van der Waals surface area contributed by atoms with Crippen LogP contribution < -0.4 is 63.7 Å². The van der Waals surface area contributed by atoms with Gasteiger partial charge in [0.15, 0.2) is 0 Å². The van der Waals surface area contributed by atoms with Crippen LogP contribution in [0.4, 0.5) is 11.4 Å². The Morgan fingerprint density at radius 2 is 0.393 bits per heavy atom. The summed E-state index contributed by atoms with van der Waals surface area (Å²) in [5.41, 5.74) is 7.49. The molecule has 0 saturated carbocycles. The van der Waals surface area contributed by atoms with E-state index in [9.17, 15) is 76.7 Å². The number of rotatable bonds is 10. The van der Waals surface area contributed by atoms with Gasteiger partial charge in [0.25, 0.3) is 91.7 Å². The molecule has 596 valence electrons. The first-order chi connectivity index (χ1) is 58.4. The highest BCUT2D eigenvalue weighted by molar-refractivity contribution is 6.36. The van der Waals surface area contributed by atoms with Crippen molar-refractivity contribution in [3.05, 3.63) is 392 Å². The number of aryl methyl sites for hydroxylation is 4. The predicted molar refractivity (Wildman–Crippen MR) is 458 cm³/mol. The first-order valence-electron chi connectivity index (χ1n) is 38.0. The van der Waals surface area contributed by atoms with Crippen LogP contribution in [-0.4, -0.2) is 89.4 Å². The predicted octanol–water partition coefficient (Wildman–Crippen LogP) is 12.5. The molecule has 26 nitrogen and oxygen atoms in total. The standard InChI is InChI=1S/C30H20N2O5.C24H16N2O5.C24H16N2O4.C18H12N2O4/c1-17-3-9-21(10-4-17)37-22-11-7-20(8-12-22)32-29(35)24-14-6-19(16-26(24)30(32)36)18-5-13-23-25(15-18)28(34)31(2)27(23)33;1-13-3-7-15(8-4-13)31-16-9-5-14(6-10-16)26-23(29)19-11-17-18(12-20(19)24(26)30)22(28)25(2)21(17)27;1-13-3-7-16(8-4-13)26-23(29)18-10-6-15(12-20(18)24(26)30)14-5-9-17-19(11-14)22(28)25(2)21(17)27;1-9-3-5-10(6-4-9)20-17(23)13-7-11-12(8-14(13)18(20)24)16(22)19(2)15(11)21/h3-16H,1-2H3;3-12H,1-2H3;3-12H,1-2H3;3-8H,1-2H3. The van der Waals surface area contributed by atoms with Gasteiger partial charge in [-0.1, -0.05) is 95.1 Å². The van der Waals surface area contributed by atoms with Crippen molar-refractivity contribution >= 4 is 102 Å². The van der Waals surface area contributed by atoms with E-state index in [1.54, 1.807) is 158 Å². The van der Waals surface area contributed by atoms with Gasteiger partial charge in [0.05, 0.1) is 110 Å². The number of nitrogens with zero attached hydrogens (tertiary/aromatic N) is 8. The number of ether oxygens (including phenoxy) is 2. The van der Waals surface area contributed by atoms with Crippen LogP contribution in [0.1, 0.15) is 105 Å². The third-order valence-corrected chi connectivity index (χ3v) is 22.1. The molecular formula is C96H64N8O18. The van der Waals surface area contributed by atoms with Crippen molar-refractivity contribution in [3.63, 3.8) is 0 Å². The lowest BCUT2D eigenvalue weighted by molar-refractivity contribution is 0.0678. The van der Waals surface area contributed by atoms with Crippen LogP contribution in [0.25, 0.3) is 76.7 Å². The normalized spacial score (nSPS) is 13.2. The molecule has 0 fully saturated rings. The summed E-state index contributed by atoms with van der Waals surface area (Å²) in [6.07, 6.45) is 0. The second-order valence-electron chi connectivity index (χ2n) is 29.9. The molecular weight excluding hydrogens is 1550 g/mol. The maximum Gasteiger partial charge on any atom is 0.266 e. The summed E-state index contributed by atoms with van der Waals surface area (Å²) in [7, 11) is 5.63. The minimum atomic E-state index is -0.537. The van der Waals surface area contributed by atoms with Gasteiger partial charge in [0, 0.05) is 28.2 Å². The number of hydrogen-bond acceptors (Lipinski definition) is 18. The molecule has 4 aromatic heterocycles. The van der Waals surface area contributed by atoms with E-state index in [2.05, 4.69) is 0 Å². The Morgan fingerprint density at radius 1 is 0.197 bits per heavy atom. The van der Waals surface area contributed by atoms with Gasteiger partial charge in [-0.3, -0.25) is 95.6 Å². The summed E-state index contributed by atoms with van der Waals surface area (Å²) in [4.78, 5) is 206. The molecule has 12 aromatic carbocycles. The SMILES string of the molecule is Cc1ccc(-n2c(=O)c3cc4c(=O)n(C)c(=O)c4cc3c2=O)cc1.Cc1ccc(N2C(=O)c3ccc(-c4ccc5c(c4)C(=O)N(C)C5=O)cc3C2=O)cc1.Cc1ccc(Oc2ccc(-n3c(=O)c4cc5c(=O)n(C)c(=O)c5cc4c3=O)cc2)cc1.Cc1ccc(Oc2ccc(N3C(=O)c4ccc(-c5ccc6c(c5)C(=O)N(C)C6=O)cc4C3=O)cc2)cc1. The third kappa shape index (κ3) is 13.1. The van der Waals surface area contributed by atoms with Crippen molar-refractivity contribution in [2.24, 2.45) is 14.1 Å². The van der Waals surface area contributed by atoms with Gasteiger partial charge in [-0.25, -0.2) is 18.9 Å². The first-order valence-corrected chi connectivity index (χ1v) is 38.0. The van der Waals surface area contributed by atoms with Crippen molar-refractivity contribution in [3.8, 4) is 56.6 Å². The number of amides is 8. The average Bonchev–Trinajstić information content (AvgIpc) is 1.59. The fraction of sp³-hybridized carbons (Fsp3) is 0.0833. The zero-order valence-corrected chi connectivity index (χ0v) is 66.0. The highest BCUT2D eigenvalue weighted by Gasteiger charge is 2.40. The molecule has 8 amide bonds. The lowest BCUT2D eigenvalue weighted by Crippen LogP contribution is -2.29. The molecule has 8 heterocycles. The smallest absolute Gasteiger partial charge is 0.266 e. The molecule has 0 bridgehead atoms. The van der Waals surface area contributed by atoms with Crippen LogP contribution in [0.3, 0.4) is 0 Å². The molecule has 16 aromatic rings. The third-order valence-electron chi connectivity index (χ3n) is 22.1. The number of imide groups is 4. The Kier molecular flexibility index (Phi) is 19.0. The van der Waals surface area contributed by atoms with E-state index in [1.165, 1.54) is 57.4 Å². The summed E-state index contributed by atoms with van der Waals surface area (Å²) in [6.45, 7) is 7.83. The van der Waals surface area contributed by atoms with Crippen molar-refractivity contribution < 1.29 is 47.8 Å². The number of benzene rings is 12. The maximum absolute atomic E-state index is 13.3. The van der Waals surface area contributed by atoms with Crippen molar-refractivity contribution in [1.82, 2.24) is 28.1 Å². The number of hydrogen-bond donors (Lipinski definition) is 0. The van der Waals surface area contributed by atoms with Crippen molar-refractivity contribution in [2.45, 2.75) is 27.7 Å². The van der Waals surface area contributed by atoms with Crippen molar-refractivity contribution in [1.29, 1.82) is 0 Å². The minimum Gasteiger partial charge on any atom is -0.457 e. The summed E-state index contributed by atoms with van der Waals surface area (Å²) >= 11 is 0. The second kappa shape index (κ2) is 29.8. The van der Waals surface area contributed by atoms with Crippen molar-refractivity contribution in [2.75, 3.05) is 23.9 Å². The van der Waals surface area contributed by atoms with E-state index in [1.807, 2.05) is 88.4 Å². The number of carbonyl (C=O) groups is 8. The highest BCUT2D eigenvalue weighted by atomic mass is 16.5. The van der Waals surface area contributed by atoms with Crippen LogP contribution in [0.5, 0.6) is 23.0 Å². The average molecular weight is 1620 g/mol. The van der Waals surface area contributed by atoms with Gasteiger partial charge in [0.1, 0.15) is 23.0 Å². The molecule has 0 saturated heterocycles. The summed E-state index contributed by atoms with van der Waals surface area (Å²) < 4.78 is 15.7. The Morgan fingerprint density at radius 3 is 0.672 bits per heavy atom. The molecule has 26 heteroatoms. The Labute approximate surface area is 688 Å². The Bertz CT molecular complexity index is 7620. The monoisotopic (exact) mass is 1620 g/mol. The van der Waals surface area contributed by atoms with Crippen LogP contribution in [0.2, 0.25) is 0 Å². The fourth-order valence-electron chi connectivity index (χ4n) is 15.2. The lowest BCUT2D eigenvalue weighted by Gasteiger charge is -2.14. The van der Waals surface area contributed by atoms with E-state index < -0.39 is 56.3 Å². The molecule has 4 aliphatic rings. The molecule has 0 radical (unpaired) electrons. The number of fused-ring (bicyclic) bond motifs is 8. The molecule has 4 aliphatic heterocycles. The molecule has 0 N–H and O–H groups in total. The van der Waals surface area contributed by atoms with Gasteiger partial charge < -0.3 is 9.47 Å². The highest BCUT2D eigenvalue weighted by Crippen LogP contribution is 2.38. The largest absolute Gasteiger partial charge is 0.457 e. The van der Waals surface area contributed by atoms with Gasteiger partial charge in [0.2, 0.25) is 0 Å². The van der Waals surface area contributed by atoms with E-state index in [-0.39, 0.29) is 84.1 Å². The zero-order valence-electron chi connectivity index (χ0n) is 66.0. The van der Waals surface area contributed by atoms with E-state index in [0.29, 0.717) is 107 Å². The summed E-state index contributed by atoms with van der Waals surface area (Å²) in [5.74, 6) is -0.457. The molecule has 0 unspecified atom stereocenters. The summed E-state index contributed by atoms with van der Waals surface area (Å²) in [6, 6.07) is 68.2. The first kappa shape index (κ1) is 77.9. The molecule has 0 spiro atoms. The van der Waals surface area contributed by atoms with Crippen LogP contribution in [0, 0.1) is 27.7 Å². The Balaban J connectivity index is 0.000000117. The minimum absolute atomic E-state index is 0.111. The summed E-state index contributed by atoms with van der Waals surface area (Å²) in [5, 5.41) is 1.11. The van der Waals surface area contributed by atoms with Crippen LogP contribution in [-0.2, 0) is 14.1 Å². The van der Waals surface area contributed by atoms with Gasteiger partial charge in [-0.05, 0) is 220 Å². The lowest BCUT2D eigenvalue weighted by atomic mass is 9.97. The molecule has 122 heavy (non-hydrogen) atoms. The second-order valence-corrected chi connectivity index (χ2v) is 29.9. The Hall–Kier alpha value is -16.6. The fourth-order valence-corrected chi connectivity index (χ4v) is 15.2. The van der Waals surface area contributed by atoms with Gasteiger partial charge in [-0.2, -0.15) is 0 Å². The van der Waals surface area contributed by atoms with E-state index >= 15 is 0 Å². The number of anilines is 2. The number of carbonyl (C=O) groups excluding carboxylic acids is 8. The van der Waals surface area contributed by atoms with Crippen LogP contribution >= 0.6 is 0 Å². The van der Waals surface area contributed by atoms with Crippen LogP contribution in [0.15, 0.2) is 281 Å².